The van der Waals surface area contributed by atoms with Crippen molar-refractivity contribution < 1.29 is 24.6 Å². The third-order valence-electron chi connectivity index (χ3n) is 3.36. The van der Waals surface area contributed by atoms with Crippen molar-refractivity contribution in [3.05, 3.63) is 34.9 Å². The molecule has 1 amide bonds. The van der Waals surface area contributed by atoms with Gasteiger partial charge in [-0.15, -0.1) is 0 Å². The predicted octanol–water partition coefficient (Wildman–Crippen LogP) is 1.67. The van der Waals surface area contributed by atoms with Crippen molar-refractivity contribution in [1.82, 2.24) is 5.32 Å². The molecule has 0 fully saturated rings. The highest BCUT2D eigenvalue weighted by atomic mass is 16.4. The molecule has 1 aromatic carbocycles. The van der Waals surface area contributed by atoms with E-state index < -0.39 is 30.3 Å². The molecule has 0 aliphatic carbocycles. The number of nitrogens with one attached hydrogen (secondary N) is 1. The third kappa shape index (κ3) is 5.95. The van der Waals surface area contributed by atoms with Crippen molar-refractivity contribution in [2.75, 3.05) is 0 Å². The average Bonchev–Trinajstić information content (AvgIpc) is 2.40. The minimum atomic E-state index is -1.38. The fraction of sp³-hybridized carbons (Fsp3) is 0.438. The lowest BCUT2D eigenvalue weighted by Gasteiger charge is -2.12. The van der Waals surface area contributed by atoms with Gasteiger partial charge in [0.25, 0.3) is 0 Å². The Morgan fingerprint density at radius 3 is 2.41 bits per heavy atom. The smallest absolute Gasteiger partial charge is 0.326 e. The number of amides is 1. The Bertz CT molecular complexity index is 568. The third-order valence-corrected chi connectivity index (χ3v) is 3.36. The topological polar surface area (TPSA) is 104 Å². The van der Waals surface area contributed by atoms with Crippen LogP contribution in [0.15, 0.2) is 18.2 Å². The van der Waals surface area contributed by atoms with Crippen LogP contribution in [0, 0.1) is 13.8 Å². The fourth-order valence-corrected chi connectivity index (χ4v) is 2.21. The minimum absolute atomic E-state index is 0.163. The van der Waals surface area contributed by atoms with Gasteiger partial charge in [-0.3, -0.25) is 9.59 Å². The van der Waals surface area contributed by atoms with Crippen molar-refractivity contribution in [1.29, 1.82) is 0 Å². The first kappa shape index (κ1) is 17.7. The van der Waals surface area contributed by atoms with Gasteiger partial charge in [0.15, 0.2) is 0 Å². The lowest BCUT2D eigenvalue weighted by atomic mass is 10.0. The highest BCUT2D eigenvalue weighted by molar-refractivity contribution is 5.86. The van der Waals surface area contributed by atoms with E-state index in [0.29, 0.717) is 6.42 Å². The Hall–Kier alpha value is -2.37. The molecule has 3 N–H and O–H groups in total. The van der Waals surface area contributed by atoms with Crippen LogP contribution in [0.4, 0.5) is 0 Å². The molecule has 0 radical (unpaired) electrons. The van der Waals surface area contributed by atoms with Crippen molar-refractivity contribution in [2.45, 2.75) is 45.6 Å². The summed E-state index contributed by atoms with van der Waals surface area (Å²) in [4.78, 5) is 33.1. The van der Waals surface area contributed by atoms with Crippen LogP contribution in [-0.2, 0) is 20.8 Å². The number of carbonyl (C=O) groups is 3. The van der Waals surface area contributed by atoms with Gasteiger partial charge in [-0.2, -0.15) is 0 Å². The highest BCUT2D eigenvalue weighted by Crippen LogP contribution is 2.13. The van der Waals surface area contributed by atoms with E-state index in [4.69, 9.17) is 10.2 Å². The number of carboxylic acids is 2. The van der Waals surface area contributed by atoms with Crippen LogP contribution in [0.25, 0.3) is 0 Å². The molecule has 0 heterocycles. The van der Waals surface area contributed by atoms with E-state index in [2.05, 4.69) is 11.4 Å². The van der Waals surface area contributed by atoms with Gasteiger partial charge in [-0.05, 0) is 37.8 Å². The second-order valence-electron chi connectivity index (χ2n) is 5.34. The molecule has 22 heavy (non-hydrogen) atoms. The highest BCUT2D eigenvalue weighted by Gasteiger charge is 2.22. The fourth-order valence-electron chi connectivity index (χ4n) is 2.21. The Labute approximate surface area is 129 Å². The predicted molar refractivity (Wildman–Crippen MR) is 80.7 cm³/mol. The second kappa shape index (κ2) is 8.17. The maximum atomic E-state index is 11.7. The van der Waals surface area contributed by atoms with Crippen molar-refractivity contribution in [2.24, 2.45) is 0 Å². The number of rotatable bonds is 8. The Morgan fingerprint density at radius 1 is 1.18 bits per heavy atom. The normalized spacial score (nSPS) is 11.7. The van der Waals surface area contributed by atoms with E-state index >= 15 is 0 Å². The number of aliphatic carboxylic acids is 2. The number of aryl methyl sites for hydroxylation is 3. The summed E-state index contributed by atoms with van der Waals surface area (Å²) in [7, 11) is 0. The Kier molecular flexibility index (Phi) is 6.56. The van der Waals surface area contributed by atoms with Crippen LogP contribution < -0.4 is 5.32 Å². The summed E-state index contributed by atoms with van der Waals surface area (Å²) in [6, 6.07) is 4.72. The van der Waals surface area contributed by atoms with Gasteiger partial charge in [-0.1, -0.05) is 23.8 Å². The van der Waals surface area contributed by atoms with E-state index in [1.807, 2.05) is 26.0 Å². The van der Waals surface area contributed by atoms with Gasteiger partial charge >= 0.3 is 11.9 Å². The Morgan fingerprint density at radius 2 is 1.86 bits per heavy atom. The van der Waals surface area contributed by atoms with Crippen LogP contribution in [0.5, 0.6) is 0 Å². The maximum absolute atomic E-state index is 11.7. The van der Waals surface area contributed by atoms with Gasteiger partial charge in [0, 0.05) is 6.42 Å². The van der Waals surface area contributed by atoms with Crippen LogP contribution in [0.3, 0.4) is 0 Å². The van der Waals surface area contributed by atoms with E-state index in [1.165, 1.54) is 5.56 Å². The molecular formula is C16H21NO5. The van der Waals surface area contributed by atoms with Gasteiger partial charge in [-0.25, -0.2) is 4.79 Å². The van der Waals surface area contributed by atoms with E-state index in [0.717, 1.165) is 17.5 Å². The molecule has 1 atom stereocenters. The van der Waals surface area contributed by atoms with Crippen molar-refractivity contribution in [3.8, 4) is 0 Å². The molecule has 6 heteroatoms. The largest absolute Gasteiger partial charge is 0.481 e. The number of hydrogen-bond acceptors (Lipinski definition) is 3. The molecule has 0 aliphatic heterocycles. The SMILES string of the molecule is Cc1ccc(CCCC(=O)NC(CC(=O)O)C(=O)O)c(C)c1. The van der Waals surface area contributed by atoms with Crippen LogP contribution >= 0.6 is 0 Å². The molecule has 1 rings (SSSR count). The number of carboxylic acid groups (broad SMARTS) is 2. The second-order valence-corrected chi connectivity index (χ2v) is 5.34. The lowest BCUT2D eigenvalue weighted by molar-refractivity contribution is -0.147. The summed E-state index contributed by atoms with van der Waals surface area (Å²) < 4.78 is 0. The molecule has 0 saturated carbocycles. The van der Waals surface area contributed by atoms with Crippen LogP contribution in [0.2, 0.25) is 0 Å². The van der Waals surface area contributed by atoms with E-state index in [9.17, 15) is 14.4 Å². The van der Waals surface area contributed by atoms with Gasteiger partial charge in [0.05, 0.1) is 6.42 Å². The zero-order chi connectivity index (χ0) is 16.7. The Balaban J connectivity index is 2.45. The monoisotopic (exact) mass is 307 g/mol. The first-order chi connectivity index (χ1) is 10.3. The maximum Gasteiger partial charge on any atom is 0.326 e. The first-order valence-electron chi connectivity index (χ1n) is 7.09. The van der Waals surface area contributed by atoms with Gasteiger partial charge < -0.3 is 15.5 Å². The summed E-state index contributed by atoms with van der Waals surface area (Å²) in [6.45, 7) is 4.02. The number of hydrogen-bond donors (Lipinski definition) is 3. The molecule has 0 aliphatic rings. The summed E-state index contributed by atoms with van der Waals surface area (Å²) in [5.41, 5.74) is 3.49. The molecule has 1 aromatic rings. The molecular weight excluding hydrogens is 286 g/mol. The van der Waals surface area contributed by atoms with E-state index in [1.54, 1.807) is 0 Å². The summed E-state index contributed by atoms with van der Waals surface area (Å²) >= 11 is 0. The standard InChI is InChI=1S/C16H21NO5/c1-10-6-7-12(11(2)8-10)4-3-5-14(18)17-13(16(21)22)9-15(19)20/h6-8,13H,3-5,9H2,1-2H3,(H,17,18)(H,19,20)(H,21,22). The molecule has 0 aromatic heterocycles. The van der Waals surface area contributed by atoms with Crippen LogP contribution in [0.1, 0.15) is 36.0 Å². The van der Waals surface area contributed by atoms with Crippen LogP contribution in [-0.4, -0.2) is 34.1 Å². The average molecular weight is 307 g/mol. The zero-order valence-electron chi connectivity index (χ0n) is 12.8. The summed E-state index contributed by atoms with van der Waals surface area (Å²) in [5.74, 6) is -3.05. The molecule has 0 spiro atoms. The minimum Gasteiger partial charge on any atom is -0.481 e. The number of carbonyl (C=O) groups excluding carboxylic acids is 1. The molecule has 0 bridgehead atoms. The van der Waals surface area contributed by atoms with E-state index in [-0.39, 0.29) is 6.42 Å². The lowest BCUT2D eigenvalue weighted by Crippen LogP contribution is -2.42. The molecule has 6 nitrogen and oxygen atoms in total. The van der Waals surface area contributed by atoms with Gasteiger partial charge in [0.1, 0.15) is 6.04 Å². The summed E-state index contributed by atoms with van der Waals surface area (Å²) in [5, 5.41) is 19.7. The molecule has 1 unspecified atom stereocenters. The zero-order valence-corrected chi connectivity index (χ0v) is 12.8. The molecule has 120 valence electrons. The summed E-state index contributed by atoms with van der Waals surface area (Å²) in [6.07, 6.45) is 0.834. The molecule has 0 saturated heterocycles. The van der Waals surface area contributed by atoms with Crippen molar-refractivity contribution in [3.63, 3.8) is 0 Å². The first-order valence-corrected chi connectivity index (χ1v) is 7.09. The number of benzene rings is 1. The quantitative estimate of drug-likeness (QED) is 0.678. The van der Waals surface area contributed by atoms with Gasteiger partial charge in [0.2, 0.25) is 5.91 Å². The van der Waals surface area contributed by atoms with Crippen molar-refractivity contribution >= 4 is 17.8 Å².